The van der Waals surface area contributed by atoms with Crippen molar-refractivity contribution in [3.05, 3.63) is 51.7 Å². The fourth-order valence-electron chi connectivity index (χ4n) is 5.54. The van der Waals surface area contributed by atoms with Crippen LogP contribution in [0.25, 0.3) is 0 Å². The first-order valence-corrected chi connectivity index (χ1v) is 13.3. The van der Waals surface area contributed by atoms with E-state index in [0.717, 1.165) is 41.8 Å². The van der Waals surface area contributed by atoms with Gasteiger partial charge in [-0.3, -0.25) is 14.5 Å². The molecular weight excluding hydrogens is 462 g/mol. The number of fused-ring (bicyclic) bond motifs is 4. The predicted octanol–water partition coefficient (Wildman–Crippen LogP) is 4.60. The smallest absolute Gasteiger partial charge is 0.414 e. The Morgan fingerprint density at radius 2 is 1.91 bits per heavy atom. The summed E-state index contributed by atoms with van der Waals surface area (Å²) in [6, 6.07) is 11.6. The molecule has 0 unspecified atom stereocenters. The van der Waals surface area contributed by atoms with E-state index in [2.05, 4.69) is 5.32 Å². The van der Waals surface area contributed by atoms with Crippen molar-refractivity contribution < 1.29 is 19.1 Å². The van der Waals surface area contributed by atoms with Crippen LogP contribution in [0.15, 0.2) is 36.4 Å². The molecule has 1 aromatic heterocycles. The van der Waals surface area contributed by atoms with E-state index >= 15 is 0 Å². The first kappa shape index (κ1) is 23.9. The minimum absolute atomic E-state index is 0.0243. The second kappa shape index (κ2) is 9.30. The second-order valence-electron chi connectivity index (χ2n) is 10.8. The summed E-state index contributed by atoms with van der Waals surface area (Å²) in [6.45, 7) is 7.32. The summed E-state index contributed by atoms with van der Waals surface area (Å²) < 4.78 is 5.55. The van der Waals surface area contributed by atoms with Gasteiger partial charge in [0.1, 0.15) is 5.60 Å². The van der Waals surface area contributed by atoms with Crippen LogP contribution in [0.1, 0.15) is 60.1 Å². The van der Waals surface area contributed by atoms with Crippen molar-refractivity contribution in [1.82, 2.24) is 10.2 Å². The summed E-state index contributed by atoms with van der Waals surface area (Å²) in [6.07, 6.45) is 3.10. The lowest BCUT2D eigenvalue weighted by atomic mass is 9.72. The molecular formula is C27H33N3O4S. The van der Waals surface area contributed by atoms with E-state index in [9.17, 15) is 14.4 Å². The fourth-order valence-corrected chi connectivity index (χ4v) is 6.65. The Balaban J connectivity index is 1.28. The zero-order valence-corrected chi connectivity index (χ0v) is 21.4. The Morgan fingerprint density at radius 1 is 1.14 bits per heavy atom. The molecule has 0 spiro atoms. The molecule has 186 valence electrons. The number of benzene rings is 1. The molecule has 6 rings (SSSR count). The van der Waals surface area contributed by atoms with Gasteiger partial charge in [0, 0.05) is 37.0 Å². The maximum absolute atomic E-state index is 13.6. The Kier molecular flexibility index (Phi) is 6.34. The molecule has 3 aliphatic heterocycles. The highest BCUT2D eigenvalue weighted by atomic mass is 32.1. The van der Waals surface area contributed by atoms with Crippen LogP contribution >= 0.6 is 11.3 Å². The van der Waals surface area contributed by atoms with Crippen molar-refractivity contribution in [2.24, 2.45) is 11.8 Å². The number of rotatable bonds is 4. The van der Waals surface area contributed by atoms with Gasteiger partial charge in [0.2, 0.25) is 5.91 Å². The molecule has 1 aliphatic carbocycles. The standard InChI is InChI=1S/C27H33N3O4S/c1-27(2,3)34-26(33)29-12-11-22-21(29)14-23(35-22)25(32)30-16-18-9-10-20(30)19(13-18)24(31)28-15-17-7-5-4-6-8-17/h4-8,14,18-20H,9-13,15-16H2,1-3H3,(H,28,31)/t18-,19+,20+/m1/s1. The summed E-state index contributed by atoms with van der Waals surface area (Å²) >= 11 is 1.47. The molecule has 3 amide bonds. The quantitative estimate of drug-likeness (QED) is 0.672. The Hall–Kier alpha value is -2.87. The van der Waals surface area contributed by atoms with Gasteiger partial charge >= 0.3 is 6.09 Å². The summed E-state index contributed by atoms with van der Waals surface area (Å²) in [5.41, 5.74) is 1.28. The van der Waals surface area contributed by atoms with E-state index in [4.69, 9.17) is 4.74 Å². The zero-order chi connectivity index (χ0) is 24.7. The number of thiophene rings is 1. The molecule has 1 saturated carbocycles. The summed E-state index contributed by atoms with van der Waals surface area (Å²) in [7, 11) is 0. The number of piperidine rings is 2. The van der Waals surface area contributed by atoms with Crippen LogP contribution in [0.2, 0.25) is 0 Å². The SMILES string of the molecule is CC(C)(C)OC(=O)N1CCc2sc(C(=O)N3C[C@@H]4CC[C@H]3[C@@H](C(=O)NCc3ccccc3)C4)cc21. The van der Waals surface area contributed by atoms with Crippen LogP contribution < -0.4 is 10.2 Å². The van der Waals surface area contributed by atoms with Crippen molar-refractivity contribution in [3.63, 3.8) is 0 Å². The Labute approximate surface area is 210 Å². The molecule has 7 nitrogen and oxygen atoms in total. The minimum atomic E-state index is -0.572. The van der Waals surface area contributed by atoms with Crippen molar-refractivity contribution in [3.8, 4) is 0 Å². The van der Waals surface area contributed by atoms with Crippen LogP contribution in [0.3, 0.4) is 0 Å². The number of hydrogen-bond donors (Lipinski definition) is 1. The van der Waals surface area contributed by atoms with Gasteiger partial charge in [-0.05, 0) is 57.6 Å². The average Bonchev–Trinajstić information content (AvgIpc) is 3.43. The summed E-state index contributed by atoms with van der Waals surface area (Å²) in [4.78, 5) is 44.6. The minimum Gasteiger partial charge on any atom is -0.443 e. The molecule has 2 saturated heterocycles. The molecule has 3 fully saturated rings. The zero-order valence-electron chi connectivity index (χ0n) is 20.6. The van der Waals surface area contributed by atoms with Gasteiger partial charge in [0.25, 0.3) is 5.91 Å². The first-order chi connectivity index (χ1) is 16.7. The topological polar surface area (TPSA) is 79.0 Å². The predicted molar refractivity (Wildman–Crippen MR) is 136 cm³/mol. The maximum Gasteiger partial charge on any atom is 0.414 e. The molecule has 1 N–H and O–H groups in total. The molecule has 3 atom stereocenters. The summed E-state index contributed by atoms with van der Waals surface area (Å²) in [5.74, 6) is 0.177. The Bertz CT molecular complexity index is 1120. The molecule has 2 aromatic rings. The summed E-state index contributed by atoms with van der Waals surface area (Å²) in [5, 5.41) is 3.09. The van der Waals surface area contributed by atoms with Crippen LogP contribution in [0.4, 0.5) is 10.5 Å². The van der Waals surface area contributed by atoms with Crippen molar-refractivity contribution in [2.45, 2.75) is 64.6 Å². The van der Waals surface area contributed by atoms with Gasteiger partial charge in [-0.1, -0.05) is 30.3 Å². The molecule has 0 radical (unpaired) electrons. The van der Waals surface area contributed by atoms with Gasteiger partial charge in [-0.25, -0.2) is 4.79 Å². The number of ether oxygens (including phenoxy) is 1. The number of nitrogens with zero attached hydrogens (tertiary/aromatic N) is 2. The van der Waals surface area contributed by atoms with Crippen molar-refractivity contribution >= 4 is 34.9 Å². The third-order valence-electron chi connectivity index (χ3n) is 7.15. The van der Waals surface area contributed by atoms with Crippen LogP contribution in [-0.4, -0.2) is 47.5 Å². The average molecular weight is 496 g/mol. The number of anilines is 1. The lowest BCUT2D eigenvalue weighted by molar-refractivity contribution is -0.131. The van der Waals surface area contributed by atoms with Gasteiger partial charge in [-0.15, -0.1) is 11.3 Å². The van der Waals surface area contributed by atoms with E-state index in [1.807, 2.05) is 62.1 Å². The van der Waals surface area contributed by atoms with E-state index < -0.39 is 5.60 Å². The molecule has 35 heavy (non-hydrogen) atoms. The lowest BCUT2D eigenvalue weighted by Gasteiger charge is -2.49. The first-order valence-electron chi connectivity index (χ1n) is 12.5. The molecule has 8 heteroatoms. The second-order valence-corrected chi connectivity index (χ2v) is 12.0. The monoisotopic (exact) mass is 495 g/mol. The molecule has 4 heterocycles. The highest BCUT2D eigenvalue weighted by Gasteiger charge is 2.46. The van der Waals surface area contributed by atoms with E-state index in [1.54, 1.807) is 4.90 Å². The lowest BCUT2D eigenvalue weighted by Crippen LogP contribution is -2.58. The highest BCUT2D eigenvalue weighted by Crippen LogP contribution is 2.42. The van der Waals surface area contributed by atoms with Crippen molar-refractivity contribution in [2.75, 3.05) is 18.0 Å². The third-order valence-corrected chi connectivity index (χ3v) is 8.32. The van der Waals surface area contributed by atoms with Crippen LogP contribution in [0, 0.1) is 11.8 Å². The van der Waals surface area contributed by atoms with E-state index in [0.29, 0.717) is 30.4 Å². The normalized spacial score (nSPS) is 23.2. The number of carbonyl (C=O) groups is 3. The number of carbonyl (C=O) groups excluding carboxylic acids is 3. The third kappa shape index (κ3) is 4.94. The van der Waals surface area contributed by atoms with Crippen molar-refractivity contribution in [1.29, 1.82) is 0 Å². The number of hydrogen-bond acceptors (Lipinski definition) is 5. The van der Waals surface area contributed by atoms with Gasteiger partial charge < -0.3 is 15.0 Å². The van der Waals surface area contributed by atoms with Gasteiger partial charge in [-0.2, -0.15) is 0 Å². The highest BCUT2D eigenvalue weighted by molar-refractivity contribution is 7.14. The van der Waals surface area contributed by atoms with Gasteiger partial charge in [0.05, 0.1) is 16.5 Å². The van der Waals surface area contributed by atoms with E-state index in [1.165, 1.54) is 11.3 Å². The maximum atomic E-state index is 13.6. The number of amides is 3. The molecule has 1 aromatic carbocycles. The van der Waals surface area contributed by atoms with Crippen LogP contribution in [-0.2, 0) is 22.5 Å². The number of nitrogens with one attached hydrogen (secondary N) is 1. The largest absolute Gasteiger partial charge is 0.443 e. The molecule has 2 bridgehead atoms. The fraction of sp³-hybridized carbons (Fsp3) is 0.519. The van der Waals surface area contributed by atoms with E-state index in [-0.39, 0.29) is 29.9 Å². The van der Waals surface area contributed by atoms with Crippen LogP contribution in [0.5, 0.6) is 0 Å². The molecule has 4 aliphatic rings. The van der Waals surface area contributed by atoms with Gasteiger partial charge in [0.15, 0.2) is 0 Å². The Morgan fingerprint density at radius 3 is 2.63 bits per heavy atom.